The van der Waals surface area contributed by atoms with Crippen molar-refractivity contribution in [2.24, 2.45) is 0 Å². The lowest BCUT2D eigenvalue weighted by molar-refractivity contribution is 0.0880. The number of carbonyl (C=O) groups is 3. The molecule has 2 heterocycles. The lowest BCUT2D eigenvalue weighted by Gasteiger charge is -2.27. The normalized spacial score (nSPS) is 17.6. The van der Waals surface area contributed by atoms with E-state index >= 15 is 0 Å². The van der Waals surface area contributed by atoms with Gasteiger partial charge in [-0.05, 0) is 56.1 Å². The average Bonchev–Trinajstić information content (AvgIpc) is 3.11. The number of benzene rings is 2. The van der Waals surface area contributed by atoms with Gasteiger partial charge in [0.1, 0.15) is 29.2 Å². The number of hydrogen-bond acceptors (Lipinski definition) is 7. The molecule has 2 amide bonds. The predicted octanol–water partition coefficient (Wildman–Crippen LogP) is 2.14. The molecule has 0 spiro atoms. The minimum Gasteiger partial charge on any atom is -0.507 e. The van der Waals surface area contributed by atoms with Gasteiger partial charge in [0.15, 0.2) is 5.78 Å². The van der Waals surface area contributed by atoms with E-state index in [1.54, 1.807) is 0 Å². The lowest BCUT2D eigenvalue weighted by atomic mass is 9.98. The van der Waals surface area contributed by atoms with Crippen molar-refractivity contribution in [3.05, 3.63) is 88.8 Å². The molecule has 2 aromatic carbocycles. The number of aryl methyl sites for hydroxylation is 1. The summed E-state index contributed by atoms with van der Waals surface area (Å²) in [6, 6.07) is 9.25. The number of aromatic nitrogens is 2. The SMILES string of the molecule is Cc1ccc(O)c(C(=O)c2ccc(C(=O)N[C@@H]3CCCNC[C@H]3NC(=O)c3ccncn3)cc2)c1F. The van der Waals surface area contributed by atoms with Crippen LogP contribution in [0.4, 0.5) is 4.39 Å². The fraction of sp³-hybridized carbons (Fsp3) is 0.269. The smallest absolute Gasteiger partial charge is 0.270 e. The number of aromatic hydroxyl groups is 1. The van der Waals surface area contributed by atoms with Crippen LogP contribution in [0, 0.1) is 12.7 Å². The number of halogens is 1. The van der Waals surface area contributed by atoms with Crippen molar-refractivity contribution in [2.45, 2.75) is 31.8 Å². The van der Waals surface area contributed by atoms with E-state index in [9.17, 15) is 23.9 Å². The summed E-state index contributed by atoms with van der Waals surface area (Å²) >= 11 is 0. The van der Waals surface area contributed by atoms with Crippen LogP contribution in [-0.4, -0.2) is 57.8 Å². The largest absolute Gasteiger partial charge is 0.507 e. The van der Waals surface area contributed by atoms with E-state index < -0.39 is 22.9 Å². The van der Waals surface area contributed by atoms with Crippen LogP contribution in [0.2, 0.25) is 0 Å². The van der Waals surface area contributed by atoms with Crippen LogP contribution in [0.3, 0.4) is 0 Å². The van der Waals surface area contributed by atoms with E-state index in [-0.39, 0.29) is 40.7 Å². The second-order valence-electron chi connectivity index (χ2n) is 8.60. The maximum atomic E-state index is 14.4. The van der Waals surface area contributed by atoms with Gasteiger partial charge in [-0.1, -0.05) is 18.2 Å². The minimum absolute atomic E-state index is 0.139. The Kier molecular flexibility index (Phi) is 7.65. The molecule has 1 aliphatic heterocycles. The van der Waals surface area contributed by atoms with Crippen LogP contribution in [0.5, 0.6) is 5.75 Å². The molecule has 0 saturated carbocycles. The monoisotopic (exact) mass is 491 g/mol. The number of phenols is 1. The summed E-state index contributed by atoms with van der Waals surface area (Å²) in [6.07, 6.45) is 4.23. The van der Waals surface area contributed by atoms with Crippen molar-refractivity contribution in [3.8, 4) is 5.75 Å². The molecule has 1 saturated heterocycles. The van der Waals surface area contributed by atoms with Gasteiger partial charge in [0.2, 0.25) is 0 Å². The van der Waals surface area contributed by atoms with Gasteiger partial charge in [0.25, 0.3) is 11.8 Å². The third kappa shape index (κ3) is 5.55. The van der Waals surface area contributed by atoms with Gasteiger partial charge in [-0.15, -0.1) is 0 Å². The van der Waals surface area contributed by atoms with Gasteiger partial charge in [-0.3, -0.25) is 14.4 Å². The number of phenolic OH excluding ortho intramolecular Hbond substituents is 1. The van der Waals surface area contributed by atoms with Gasteiger partial charge in [0, 0.05) is 23.9 Å². The summed E-state index contributed by atoms with van der Waals surface area (Å²) < 4.78 is 14.4. The van der Waals surface area contributed by atoms with E-state index in [4.69, 9.17) is 0 Å². The molecular formula is C26H26FN5O4. The summed E-state index contributed by atoms with van der Waals surface area (Å²) in [5.74, 6) is -2.63. The summed E-state index contributed by atoms with van der Waals surface area (Å²) in [5, 5.41) is 19.2. The van der Waals surface area contributed by atoms with E-state index in [0.717, 1.165) is 13.0 Å². The number of nitrogens with zero attached hydrogens (tertiary/aromatic N) is 2. The van der Waals surface area contributed by atoms with Crippen LogP contribution in [0.15, 0.2) is 55.0 Å². The fourth-order valence-corrected chi connectivity index (χ4v) is 4.09. The molecule has 4 rings (SSSR count). The Bertz CT molecular complexity index is 1270. The fourth-order valence-electron chi connectivity index (χ4n) is 4.09. The number of carbonyl (C=O) groups excluding carboxylic acids is 3. The molecule has 0 aliphatic carbocycles. The molecule has 3 aromatic rings. The second kappa shape index (κ2) is 11.0. The van der Waals surface area contributed by atoms with Crippen molar-refractivity contribution in [3.63, 3.8) is 0 Å². The zero-order chi connectivity index (χ0) is 25.7. The first kappa shape index (κ1) is 24.9. The number of hydrogen-bond donors (Lipinski definition) is 4. The second-order valence-corrected chi connectivity index (χ2v) is 8.60. The molecule has 10 heteroatoms. The summed E-state index contributed by atoms with van der Waals surface area (Å²) in [7, 11) is 0. The highest BCUT2D eigenvalue weighted by Crippen LogP contribution is 2.26. The zero-order valence-corrected chi connectivity index (χ0v) is 19.6. The minimum atomic E-state index is -0.779. The third-order valence-electron chi connectivity index (χ3n) is 6.12. The highest BCUT2D eigenvalue weighted by molar-refractivity contribution is 6.11. The molecule has 9 nitrogen and oxygen atoms in total. The van der Waals surface area contributed by atoms with Gasteiger partial charge in [-0.25, -0.2) is 14.4 Å². The van der Waals surface area contributed by atoms with E-state index in [2.05, 4.69) is 25.9 Å². The van der Waals surface area contributed by atoms with Crippen molar-refractivity contribution >= 4 is 17.6 Å². The molecular weight excluding hydrogens is 465 g/mol. The first-order chi connectivity index (χ1) is 17.3. The number of ketones is 1. The lowest BCUT2D eigenvalue weighted by Crippen LogP contribution is -2.54. The first-order valence-corrected chi connectivity index (χ1v) is 11.6. The van der Waals surface area contributed by atoms with Crippen LogP contribution >= 0.6 is 0 Å². The molecule has 186 valence electrons. The Morgan fingerprint density at radius 3 is 2.44 bits per heavy atom. The van der Waals surface area contributed by atoms with E-state index in [1.165, 1.54) is 61.9 Å². The molecule has 0 radical (unpaired) electrons. The molecule has 1 fully saturated rings. The average molecular weight is 492 g/mol. The van der Waals surface area contributed by atoms with Crippen molar-refractivity contribution in [2.75, 3.05) is 13.1 Å². The molecule has 0 bridgehead atoms. The molecule has 36 heavy (non-hydrogen) atoms. The summed E-state index contributed by atoms with van der Waals surface area (Å²) in [6.45, 7) is 2.73. The first-order valence-electron chi connectivity index (χ1n) is 11.6. The van der Waals surface area contributed by atoms with Crippen molar-refractivity contribution in [1.82, 2.24) is 25.9 Å². The topological polar surface area (TPSA) is 133 Å². The number of nitrogens with one attached hydrogen (secondary N) is 3. The highest BCUT2D eigenvalue weighted by Gasteiger charge is 2.28. The van der Waals surface area contributed by atoms with Gasteiger partial charge in [0.05, 0.1) is 12.1 Å². The Balaban J connectivity index is 1.46. The van der Waals surface area contributed by atoms with Crippen LogP contribution in [0.25, 0.3) is 0 Å². The van der Waals surface area contributed by atoms with Crippen LogP contribution < -0.4 is 16.0 Å². The third-order valence-corrected chi connectivity index (χ3v) is 6.12. The van der Waals surface area contributed by atoms with E-state index in [0.29, 0.717) is 18.5 Å². The quantitative estimate of drug-likeness (QED) is 0.388. The van der Waals surface area contributed by atoms with Crippen LogP contribution in [-0.2, 0) is 0 Å². The van der Waals surface area contributed by atoms with Crippen molar-refractivity contribution < 1.29 is 23.9 Å². The van der Waals surface area contributed by atoms with Gasteiger partial charge < -0.3 is 21.1 Å². The number of amides is 2. The van der Waals surface area contributed by atoms with Gasteiger partial charge >= 0.3 is 0 Å². The Hall–Kier alpha value is -4.18. The molecule has 1 aliphatic rings. The molecule has 4 N–H and O–H groups in total. The van der Waals surface area contributed by atoms with Gasteiger partial charge in [-0.2, -0.15) is 0 Å². The Morgan fingerprint density at radius 2 is 1.72 bits per heavy atom. The predicted molar refractivity (Wildman–Crippen MR) is 129 cm³/mol. The number of rotatable bonds is 6. The molecule has 0 unspecified atom stereocenters. The Morgan fingerprint density at radius 1 is 1.00 bits per heavy atom. The molecule has 2 atom stereocenters. The van der Waals surface area contributed by atoms with Crippen molar-refractivity contribution in [1.29, 1.82) is 0 Å². The van der Waals surface area contributed by atoms with Crippen LogP contribution in [0.1, 0.15) is 55.2 Å². The molecule has 1 aromatic heterocycles. The zero-order valence-electron chi connectivity index (χ0n) is 19.6. The van der Waals surface area contributed by atoms with E-state index in [1.807, 2.05) is 0 Å². The maximum Gasteiger partial charge on any atom is 0.270 e. The summed E-state index contributed by atoms with van der Waals surface area (Å²) in [4.78, 5) is 46.1. The standard InChI is InChI=1S/C26H26FN5O4/c1-15-4-9-21(33)22(23(15)27)24(34)16-5-7-17(8-6-16)25(35)31-18-3-2-11-28-13-20(18)32-26(36)19-10-12-29-14-30-19/h4-10,12,14,18,20,28,33H,2-3,11,13H2,1H3,(H,31,35)(H,32,36)/t18-,20-/m1/s1. The summed E-state index contributed by atoms with van der Waals surface area (Å²) in [5.41, 5.74) is 0.515. The maximum absolute atomic E-state index is 14.4. The highest BCUT2D eigenvalue weighted by atomic mass is 19.1. The Labute approximate surface area is 207 Å².